The first kappa shape index (κ1) is 23.8. The lowest BCUT2D eigenvalue weighted by atomic mass is 9.98. The fraction of sp³-hybridized carbons (Fsp3) is 0.444. The molecule has 4 rings (SSSR count). The van der Waals surface area contributed by atoms with Crippen molar-refractivity contribution in [3.05, 3.63) is 59.7 Å². The number of ether oxygens (including phenoxy) is 1. The van der Waals surface area contributed by atoms with E-state index in [9.17, 15) is 19.5 Å². The Morgan fingerprint density at radius 1 is 1.03 bits per heavy atom. The molecular weight excluding hydrogens is 432 g/mol. The highest BCUT2D eigenvalue weighted by Crippen LogP contribution is 2.44. The summed E-state index contributed by atoms with van der Waals surface area (Å²) in [5.74, 6) is -1.49. The van der Waals surface area contributed by atoms with Gasteiger partial charge in [-0.05, 0) is 41.0 Å². The van der Waals surface area contributed by atoms with Crippen molar-refractivity contribution in [2.75, 3.05) is 13.2 Å². The Balaban J connectivity index is 1.33. The molecule has 0 bridgehead atoms. The Morgan fingerprint density at radius 3 is 2.21 bits per heavy atom. The van der Waals surface area contributed by atoms with E-state index in [0.29, 0.717) is 25.2 Å². The van der Waals surface area contributed by atoms with Crippen LogP contribution >= 0.6 is 0 Å². The number of hydrogen-bond donors (Lipinski definition) is 3. The highest BCUT2D eigenvalue weighted by Gasteiger charge is 2.31. The molecule has 2 aromatic carbocycles. The molecule has 0 spiro atoms. The minimum absolute atomic E-state index is 0.0599. The molecule has 7 heteroatoms. The number of carboxylic acids is 1. The lowest BCUT2D eigenvalue weighted by Crippen LogP contribution is -2.48. The number of fused-ring (bicyclic) bond motifs is 3. The molecule has 7 nitrogen and oxygen atoms in total. The van der Waals surface area contributed by atoms with Crippen LogP contribution in [0.4, 0.5) is 4.79 Å². The van der Waals surface area contributed by atoms with Crippen molar-refractivity contribution >= 4 is 18.0 Å². The highest BCUT2D eigenvalue weighted by molar-refractivity contribution is 5.86. The van der Waals surface area contributed by atoms with Gasteiger partial charge in [0, 0.05) is 12.5 Å². The summed E-state index contributed by atoms with van der Waals surface area (Å²) < 4.78 is 5.57. The van der Waals surface area contributed by atoms with Crippen LogP contribution in [0, 0.1) is 11.8 Å². The molecule has 2 atom stereocenters. The predicted molar refractivity (Wildman–Crippen MR) is 128 cm³/mol. The number of benzene rings is 2. The van der Waals surface area contributed by atoms with Gasteiger partial charge < -0.3 is 20.5 Å². The maximum Gasteiger partial charge on any atom is 0.407 e. The van der Waals surface area contributed by atoms with Gasteiger partial charge in [-0.1, -0.05) is 74.7 Å². The van der Waals surface area contributed by atoms with Crippen molar-refractivity contribution in [2.24, 2.45) is 11.8 Å². The van der Waals surface area contributed by atoms with Gasteiger partial charge in [0.1, 0.15) is 12.6 Å². The molecule has 3 N–H and O–H groups in total. The molecule has 2 aliphatic carbocycles. The summed E-state index contributed by atoms with van der Waals surface area (Å²) in [5.41, 5.74) is 4.54. The van der Waals surface area contributed by atoms with Crippen LogP contribution in [0.5, 0.6) is 0 Å². The lowest BCUT2D eigenvalue weighted by molar-refractivity contribution is -0.142. The van der Waals surface area contributed by atoms with Gasteiger partial charge in [-0.25, -0.2) is 4.79 Å². The molecule has 0 saturated heterocycles. The summed E-state index contributed by atoms with van der Waals surface area (Å²) >= 11 is 0. The van der Waals surface area contributed by atoms with Gasteiger partial charge in [-0.2, -0.15) is 0 Å². The monoisotopic (exact) mass is 464 g/mol. The van der Waals surface area contributed by atoms with E-state index in [2.05, 4.69) is 34.9 Å². The third-order valence-corrected chi connectivity index (χ3v) is 6.72. The van der Waals surface area contributed by atoms with E-state index in [1.54, 1.807) is 0 Å². The van der Waals surface area contributed by atoms with E-state index in [-0.39, 0.29) is 25.0 Å². The Labute approximate surface area is 199 Å². The van der Waals surface area contributed by atoms with Crippen LogP contribution in [0.2, 0.25) is 0 Å². The van der Waals surface area contributed by atoms with Crippen molar-refractivity contribution in [3.63, 3.8) is 0 Å². The Hall–Kier alpha value is -3.35. The number of carbonyl (C=O) groups excluding carboxylic acids is 2. The van der Waals surface area contributed by atoms with Gasteiger partial charge >= 0.3 is 12.1 Å². The summed E-state index contributed by atoms with van der Waals surface area (Å²) in [7, 11) is 0. The summed E-state index contributed by atoms with van der Waals surface area (Å²) in [6, 6.07) is 15.4. The quantitative estimate of drug-likeness (QED) is 0.460. The maximum atomic E-state index is 12.7. The number of alkyl carbamates (subject to hydrolysis) is 1. The first-order valence-electron chi connectivity index (χ1n) is 12.1. The molecule has 2 amide bonds. The third-order valence-electron chi connectivity index (χ3n) is 6.72. The third kappa shape index (κ3) is 5.58. The molecule has 1 saturated carbocycles. The van der Waals surface area contributed by atoms with E-state index in [0.717, 1.165) is 35.1 Å². The van der Waals surface area contributed by atoms with E-state index in [4.69, 9.17) is 4.74 Å². The number of hydrogen-bond acceptors (Lipinski definition) is 4. The number of carboxylic acid groups (broad SMARTS) is 1. The smallest absolute Gasteiger partial charge is 0.407 e. The van der Waals surface area contributed by atoms with Gasteiger partial charge in [0.15, 0.2) is 0 Å². The van der Waals surface area contributed by atoms with Crippen LogP contribution in [0.3, 0.4) is 0 Å². The standard InChI is InChI=1S/C27H32N2O5/c1-2-7-24(25(30)28-15-18(26(31)32)14-17-12-13-17)29-27(33)34-16-23-21-10-5-3-8-19(21)20-9-4-6-11-22(20)23/h3-6,8-11,17-18,23-24H,2,7,12-16H2,1H3,(H,28,30)(H,29,33)(H,31,32). The van der Waals surface area contributed by atoms with E-state index < -0.39 is 24.0 Å². The molecule has 0 aliphatic heterocycles. The summed E-state index contributed by atoms with van der Waals surface area (Å²) in [6.07, 6.45) is 3.17. The number of rotatable bonds is 11. The van der Waals surface area contributed by atoms with Gasteiger partial charge in [0.25, 0.3) is 0 Å². The topological polar surface area (TPSA) is 105 Å². The summed E-state index contributed by atoms with van der Waals surface area (Å²) in [6.45, 7) is 2.16. The Bertz CT molecular complexity index is 1000. The second-order valence-corrected chi connectivity index (χ2v) is 9.27. The lowest BCUT2D eigenvalue weighted by Gasteiger charge is -2.20. The van der Waals surface area contributed by atoms with Gasteiger partial charge in [-0.15, -0.1) is 0 Å². The van der Waals surface area contributed by atoms with Crippen molar-refractivity contribution in [2.45, 2.75) is 51.0 Å². The van der Waals surface area contributed by atoms with Gasteiger partial charge in [-0.3, -0.25) is 9.59 Å². The first-order chi connectivity index (χ1) is 16.5. The molecule has 1 fully saturated rings. The molecule has 2 aliphatic rings. The van der Waals surface area contributed by atoms with Crippen molar-refractivity contribution in [3.8, 4) is 11.1 Å². The number of carbonyl (C=O) groups is 3. The average Bonchev–Trinajstić information content (AvgIpc) is 3.60. The molecule has 34 heavy (non-hydrogen) atoms. The fourth-order valence-electron chi connectivity index (χ4n) is 4.71. The van der Waals surface area contributed by atoms with Crippen LogP contribution in [-0.4, -0.2) is 42.3 Å². The van der Waals surface area contributed by atoms with Gasteiger partial charge in [0.05, 0.1) is 5.92 Å². The molecule has 2 unspecified atom stereocenters. The average molecular weight is 465 g/mol. The Kier molecular flexibility index (Phi) is 7.50. The SMILES string of the molecule is CCCC(NC(=O)OCC1c2ccccc2-c2ccccc21)C(=O)NCC(CC1CC1)C(=O)O. The Morgan fingerprint density at radius 2 is 1.65 bits per heavy atom. The number of nitrogens with one attached hydrogen (secondary N) is 2. The van der Waals surface area contributed by atoms with Crippen LogP contribution < -0.4 is 10.6 Å². The van der Waals surface area contributed by atoms with Crippen molar-refractivity contribution in [1.29, 1.82) is 0 Å². The van der Waals surface area contributed by atoms with E-state index >= 15 is 0 Å². The fourth-order valence-corrected chi connectivity index (χ4v) is 4.71. The second kappa shape index (κ2) is 10.7. The first-order valence-corrected chi connectivity index (χ1v) is 12.1. The highest BCUT2D eigenvalue weighted by atomic mass is 16.5. The zero-order valence-electron chi connectivity index (χ0n) is 19.5. The number of aliphatic carboxylic acids is 1. The van der Waals surface area contributed by atoms with Crippen LogP contribution in [-0.2, 0) is 14.3 Å². The maximum absolute atomic E-state index is 12.7. The minimum atomic E-state index is -0.899. The minimum Gasteiger partial charge on any atom is -0.481 e. The molecule has 180 valence electrons. The normalized spacial score (nSPS) is 16.1. The molecule has 0 radical (unpaired) electrons. The van der Waals surface area contributed by atoms with Crippen molar-refractivity contribution in [1.82, 2.24) is 10.6 Å². The van der Waals surface area contributed by atoms with E-state index in [1.165, 1.54) is 0 Å². The van der Waals surface area contributed by atoms with E-state index in [1.807, 2.05) is 31.2 Å². The van der Waals surface area contributed by atoms with Crippen LogP contribution in [0.25, 0.3) is 11.1 Å². The second-order valence-electron chi connectivity index (χ2n) is 9.27. The molecular formula is C27H32N2O5. The molecule has 0 aromatic heterocycles. The van der Waals surface area contributed by atoms with Crippen LogP contribution in [0.1, 0.15) is 56.1 Å². The summed E-state index contributed by atoms with van der Waals surface area (Å²) in [5, 5.41) is 14.8. The largest absolute Gasteiger partial charge is 0.481 e. The molecule has 2 aromatic rings. The summed E-state index contributed by atoms with van der Waals surface area (Å²) in [4.78, 5) is 36.8. The van der Waals surface area contributed by atoms with Crippen LogP contribution in [0.15, 0.2) is 48.5 Å². The number of amides is 2. The van der Waals surface area contributed by atoms with Crippen molar-refractivity contribution < 1.29 is 24.2 Å². The molecule has 0 heterocycles. The predicted octanol–water partition coefficient (Wildman–Crippen LogP) is 4.31. The van der Waals surface area contributed by atoms with Gasteiger partial charge in [0.2, 0.25) is 5.91 Å². The zero-order valence-corrected chi connectivity index (χ0v) is 19.5. The zero-order chi connectivity index (χ0) is 24.1.